The van der Waals surface area contributed by atoms with Crippen molar-refractivity contribution in [2.24, 2.45) is 15.4 Å². The van der Waals surface area contributed by atoms with Crippen LogP contribution in [0.15, 0.2) is 76.3 Å². The number of ketones is 1. The van der Waals surface area contributed by atoms with Crippen molar-refractivity contribution in [2.75, 3.05) is 0 Å². The molecule has 0 unspecified atom stereocenters. The van der Waals surface area contributed by atoms with Gasteiger partial charge in [0, 0.05) is 12.8 Å². The van der Waals surface area contributed by atoms with E-state index in [-0.39, 0.29) is 5.78 Å². The van der Waals surface area contributed by atoms with Gasteiger partial charge in [-0.2, -0.15) is 0 Å². The summed E-state index contributed by atoms with van der Waals surface area (Å²) >= 11 is 0. The van der Waals surface area contributed by atoms with Gasteiger partial charge in [0.1, 0.15) is 5.78 Å². The molecule has 0 amide bonds. The molecule has 0 atom stereocenters. The summed E-state index contributed by atoms with van der Waals surface area (Å²) in [6.45, 7) is 0. The topological polar surface area (TPSA) is 54.1 Å². The molecule has 1 aliphatic rings. The Labute approximate surface area is 107 Å². The molecule has 0 aromatic rings. The first-order valence-electron chi connectivity index (χ1n) is 5.64. The number of hydrogen-bond donors (Lipinski definition) is 0. The van der Waals surface area contributed by atoms with Gasteiger partial charge in [-0.05, 0) is 17.4 Å². The first-order valence-corrected chi connectivity index (χ1v) is 5.64. The van der Waals surface area contributed by atoms with Crippen LogP contribution in [-0.2, 0) is 4.79 Å². The number of carbonyl (C=O) groups excluding carboxylic acids is 1. The van der Waals surface area contributed by atoms with Gasteiger partial charge in [-0.1, -0.05) is 42.5 Å². The quantitative estimate of drug-likeness (QED) is 0.640. The number of Topliss-reactive ketones (excluding diaryl/α,β-unsaturated/α-hetero) is 1. The molecule has 4 nitrogen and oxygen atoms in total. The fraction of sp³-hybridized carbons (Fsp3) is 0.143. The standard InChI is InChI=1S/C14H15N3O/c18-14-10-6-3-1-2-4-8-12-15-17-16-13-9-5-7-11-14/h1-9,12-13H,10-11H2/b2-1-,6-3-,7-5-,8-4-,13-9-,15-12-,17-16+. The third-order valence-electron chi connectivity index (χ3n) is 1.93. The van der Waals surface area contributed by atoms with Crippen molar-refractivity contribution in [1.29, 1.82) is 0 Å². The summed E-state index contributed by atoms with van der Waals surface area (Å²) in [6.07, 6.45) is 20.2. The lowest BCUT2D eigenvalue weighted by atomic mass is 10.2. The van der Waals surface area contributed by atoms with Gasteiger partial charge in [-0.15, -0.1) is 10.2 Å². The van der Waals surface area contributed by atoms with Crippen LogP contribution in [0, 0.1) is 0 Å². The fourth-order valence-electron chi connectivity index (χ4n) is 1.10. The van der Waals surface area contributed by atoms with Gasteiger partial charge in [0.25, 0.3) is 0 Å². The monoisotopic (exact) mass is 241 g/mol. The summed E-state index contributed by atoms with van der Waals surface area (Å²) in [5.41, 5.74) is 0. The van der Waals surface area contributed by atoms with E-state index in [0.29, 0.717) is 12.8 Å². The van der Waals surface area contributed by atoms with Gasteiger partial charge in [0.15, 0.2) is 0 Å². The lowest BCUT2D eigenvalue weighted by Crippen LogP contribution is -1.91. The Morgan fingerprint density at radius 3 is 2.33 bits per heavy atom. The summed E-state index contributed by atoms with van der Waals surface area (Å²) in [7, 11) is 0. The lowest BCUT2D eigenvalue weighted by Gasteiger charge is -1.88. The predicted molar refractivity (Wildman–Crippen MR) is 73.3 cm³/mol. The minimum absolute atomic E-state index is 0.175. The maximum atomic E-state index is 11.4. The van der Waals surface area contributed by atoms with Gasteiger partial charge in [0.05, 0.1) is 12.4 Å². The zero-order valence-electron chi connectivity index (χ0n) is 10.0. The summed E-state index contributed by atoms with van der Waals surface area (Å²) < 4.78 is 0. The van der Waals surface area contributed by atoms with E-state index in [1.165, 1.54) is 6.20 Å². The molecule has 18 heavy (non-hydrogen) atoms. The summed E-state index contributed by atoms with van der Waals surface area (Å²) in [4.78, 5) is 11.4. The largest absolute Gasteiger partial charge is 0.299 e. The van der Waals surface area contributed by atoms with Gasteiger partial charge >= 0.3 is 0 Å². The molecule has 0 aromatic carbocycles. The Morgan fingerprint density at radius 1 is 0.833 bits per heavy atom. The van der Waals surface area contributed by atoms with Crippen LogP contribution in [-0.4, -0.2) is 12.0 Å². The van der Waals surface area contributed by atoms with Gasteiger partial charge in [-0.25, -0.2) is 0 Å². The zero-order chi connectivity index (χ0) is 12.9. The number of hydrogen-bond acceptors (Lipinski definition) is 4. The molecule has 0 aromatic heterocycles. The van der Waals surface area contributed by atoms with E-state index in [9.17, 15) is 4.79 Å². The highest BCUT2D eigenvalue weighted by Gasteiger charge is 1.93. The Balaban J connectivity index is 2.65. The second-order valence-corrected chi connectivity index (χ2v) is 3.38. The van der Waals surface area contributed by atoms with Crippen LogP contribution in [0.2, 0.25) is 0 Å². The highest BCUT2D eigenvalue weighted by atomic mass is 16.1. The van der Waals surface area contributed by atoms with Gasteiger partial charge < -0.3 is 0 Å². The molecule has 0 spiro atoms. The van der Waals surface area contributed by atoms with Crippen LogP contribution in [0.1, 0.15) is 12.8 Å². The normalized spacial score (nSPS) is 29.7. The zero-order valence-corrected chi connectivity index (χ0v) is 10.0. The Kier molecular flexibility index (Phi) is 7.49. The Morgan fingerprint density at radius 2 is 1.50 bits per heavy atom. The first kappa shape index (κ1) is 13.7. The molecule has 4 heteroatoms. The van der Waals surface area contributed by atoms with Crippen molar-refractivity contribution in [3.8, 4) is 0 Å². The third-order valence-corrected chi connectivity index (χ3v) is 1.93. The molecular formula is C14H15N3O. The van der Waals surface area contributed by atoms with Crippen molar-refractivity contribution >= 4 is 12.0 Å². The van der Waals surface area contributed by atoms with Crippen LogP contribution in [0.5, 0.6) is 0 Å². The SMILES string of the molecule is O=C1C\C=C/C=C\C=C/C=N\N=N\C=C/C=C\C1. The molecule has 0 bridgehead atoms. The molecule has 1 heterocycles. The fourth-order valence-corrected chi connectivity index (χ4v) is 1.10. The minimum Gasteiger partial charge on any atom is -0.299 e. The van der Waals surface area contributed by atoms with E-state index in [2.05, 4.69) is 15.4 Å². The number of allylic oxidation sites excluding steroid dienone is 9. The Hall–Kier alpha value is -2.36. The molecule has 1 aliphatic heterocycles. The molecular weight excluding hydrogens is 226 g/mol. The van der Waals surface area contributed by atoms with Crippen molar-refractivity contribution in [3.05, 3.63) is 60.9 Å². The average Bonchev–Trinajstić information content (AvgIpc) is 2.37. The summed E-state index contributed by atoms with van der Waals surface area (Å²) in [5.74, 6) is 0.175. The maximum absolute atomic E-state index is 11.4. The predicted octanol–water partition coefficient (Wildman–Crippen LogP) is 3.53. The minimum atomic E-state index is 0.175. The third kappa shape index (κ3) is 7.87. The van der Waals surface area contributed by atoms with Crippen LogP contribution >= 0.6 is 0 Å². The highest BCUT2D eigenvalue weighted by Crippen LogP contribution is 1.95. The lowest BCUT2D eigenvalue weighted by molar-refractivity contribution is -0.117. The number of nitrogens with zero attached hydrogens (tertiary/aromatic N) is 3. The molecule has 0 saturated heterocycles. The first-order chi connectivity index (χ1) is 8.89. The Bertz CT molecular complexity index is 412. The van der Waals surface area contributed by atoms with Gasteiger partial charge in [-0.3, -0.25) is 4.79 Å². The van der Waals surface area contributed by atoms with Crippen molar-refractivity contribution in [2.45, 2.75) is 12.8 Å². The van der Waals surface area contributed by atoms with Crippen LogP contribution in [0.4, 0.5) is 0 Å². The average molecular weight is 241 g/mol. The molecule has 0 N–H and O–H groups in total. The van der Waals surface area contributed by atoms with Crippen molar-refractivity contribution in [1.82, 2.24) is 0 Å². The highest BCUT2D eigenvalue weighted by molar-refractivity contribution is 5.81. The second-order valence-electron chi connectivity index (χ2n) is 3.38. The van der Waals surface area contributed by atoms with Crippen molar-refractivity contribution < 1.29 is 4.79 Å². The molecule has 0 radical (unpaired) electrons. The molecule has 0 saturated carbocycles. The van der Waals surface area contributed by atoms with E-state index < -0.39 is 0 Å². The van der Waals surface area contributed by atoms with E-state index >= 15 is 0 Å². The van der Waals surface area contributed by atoms with E-state index in [1.807, 2.05) is 30.4 Å². The molecule has 0 fully saturated rings. The summed E-state index contributed by atoms with van der Waals surface area (Å²) in [5, 5.41) is 10.9. The molecule has 0 aliphatic carbocycles. The number of carbonyl (C=O) groups is 1. The van der Waals surface area contributed by atoms with E-state index in [1.54, 1.807) is 30.5 Å². The summed E-state index contributed by atoms with van der Waals surface area (Å²) in [6, 6.07) is 0. The van der Waals surface area contributed by atoms with Gasteiger partial charge in [0.2, 0.25) is 0 Å². The second kappa shape index (κ2) is 9.84. The van der Waals surface area contributed by atoms with Crippen molar-refractivity contribution in [3.63, 3.8) is 0 Å². The van der Waals surface area contributed by atoms with Crippen LogP contribution in [0.25, 0.3) is 0 Å². The maximum Gasteiger partial charge on any atom is 0.140 e. The molecule has 1 rings (SSSR count). The molecule has 92 valence electrons. The number of rotatable bonds is 0. The van der Waals surface area contributed by atoms with Crippen LogP contribution < -0.4 is 0 Å². The smallest absolute Gasteiger partial charge is 0.140 e. The van der Waals surface area contributed by atoms with E-state index in [0.717, 1.165) is 0 Å². The van der Waals surface area contributed by atoms with Crippen LogP contribution in [0.3, 0.4) is 0 Å². The van der Waals surface area contributed by atoms with E-state index in [4.69, 9.17) is 0 Å².